The van der Waals surface area contributed by atoms with Gasteiger partial charge in [0.2, 0.25) is 5.88 Å². The number of carbonyl (C=O) groups is 2. The second-order valence-electron chi connectivity index (χ2n) is 6.51. The molecule has 0 amide bonds. The molecule has 3 N–H and O–H groups in total. The second-order valence-corrected chi connectivity index (χ2v) is 7.54. The van der Waals surface area contributed by atoms with Crippen molar-refractivity contribution >= 4 is 52.1 Å². The summed E-state index contributed by atoms with van der Waals surface area (Å²) in [7, 11) is 0. The van der Waals surface area contributed by atoms with E-state index in [1.54, 1.807) is 36.4 Å². The number of hydrogen-bond acceptors (Lipinski definition) is 6. The van der Waals surface area contributed by atoms with E-state index in [0.717, 1.165) is 21.7 Å². The van der Waals surface area contributed by atoms with Gasteiger partial charge in [-0.25, -0.2) is 0 Å². The minimum atomic E-state index is -0.877. The molecule has 0 bridgehead atoms. The molecule has 1 aliphatic carbocycles. The largest absolute Gasteiger partial charge is 0.492 e. The Morgan fingerprint density at radius 1 is 1.14 bits per heavy atom. The van der Waals surface area contributed by atoms with Gasteiger partial charge in [0.15, 0.2) is 10.9 Å². The zero-order valence-electron chi connectivity index (χ0n) is 15.1. The molecule has 0 spiro atoms. The molecule has 0 atom stereocenters. The average Bonchev–Trinajstić information content (AvgIpc) is 3.02. The van der Waals surface area contributed by atoms with Crippen molar-refractivity contribution in [2.24, 2.45) is 0 Å². The van der Waals surface area contributed by atoms with Crippen LogP contribution < -0.4 is 15.8 Å². The molecule has 7 heteroatoms. The Morgan fingerprint density at radius 3 is 2.69 bits per heavy atom. The molecule has 29 heavy (non-hydrogen) atoms. The molecule has 0 radical (unpaired) electrons. The lowest BCUT2D eigenvalue weighted by atomic mass is 10.0. The van der Waals surface area contributed by atoms with Crippen molar-refractivity contribution < 1.29 is 19.8 Å². The summed E-state index contributed by atoms with van der Waals surface area (Å²) in [5.41, 5.74) is 2.40. The molecule has 0 aliphatic heterocycles. The topological polar surface area (TPSA) is 99.5 Å². The van der Waals surface area contributed by atoms with E-state index in [1.807, 2.05) is 24.3 Å². The van der Waals surface area contributed by atoms with Crippen molar-refractivity contribution in [2.45, 2.75) is 6.42 Å². The molecule has 3 aromatic rings. The van der Waals surface area contributed by atoms with Gasteiger partial charge in [0.1, 0.15) is 0 Å². The number of benzene rings is 2. The minimum Gasteiger partial charge on any atom is -0.492 e. The van der Waals surface area contributed by atoms with Gasteiger partial charge in [0, 0.05) is 5.69 Å². The van der Waals surface area contributed by atoms with Gasteiger partial charge in [0.25, 0.3) is 0 Å². The number of carbonyl (C=O) groups excluding carboxylic acids is 1. The van der Waals surface area contributed by atoms with Crippen molar-refractivity contribution in [1.82, 2.24) is 4.98 Å². The predicted octanol–water partition coefficient (Wildman–Crippen LogP) is 2.42. The number of anilines is 2. The van der Waals surface area contributed by atoms with Gasteiger partial charge in [-0.05, 0) is 58.0 Å². The fourth-order valence-corrected chi connectivity index (χ4v) is 3.80. The lowest BCUT2D eigenvalue weighted by molar-refractivity contribution is -0.136. The molecule has 2 aromatic carbocycles. The summed E-state index contributed by atoms with van der Waals surface area (Å²) in [6.45, 7) is 0. The third-order valence-electron chi connectivity index (χ3n) is 4.33. The lowest BCUT2D eigenvalue weighted by Crippen LogP contribution is -2.16. The number of hydrogen-bond donors (Lipinski definition) is 3. The lowest BCUT2D eigenvalue weighted by Gasteiger charge is -2.03. The number of nitrogens with one attached hydrogen (secondary N) is 1. The Bertz CT molecular complexity index is 1260. The number of fused-ring (bicyclic) bond motifs is 1. The smallest absolute Gasteiger partial charge is 0.307 e. The summed E-state index contributed by atoms with van der Waals surface area (Å²) in [4.78, 5) is 26.9. The average molecular weight is 404 g/mol. The van der Waals surface area contributed by atoms with E-state index in [0.29, 0.717) is 15.6 Å². The maximum atomic E-state index is 11.4. The molecule has 0 unspecified atom stereocenters. The van der Waals surface area contributed by atoms with Crippen LogP contribution in [0, 0.1) is 0 Å². The third-order valence-corrected chi connectivity index (χ3v) is 5.24. The van der Waals surface area contributed by atoms with E-state index >= 15 is 0 Å². The fourth-order valence-electron chi connectivity index (χ4n) is 2.96. The molecular formula is C22H16N2O4S. The number of carboxylic acid groups (broad SMARTS) is 1. The quantitative estimate of drug-likeness (QED) is 0.604. The summed E-state index contributed by atoms with van der Waals surface area (Å²) in [5, 5.41) is 24.4. The zero-order valence-corrected chi connectivity index (χ0v) is 15.9. The van der Waals surface area contributed by atoms with Crippen LogP contribution in [-0.4, -0.2) is 26.9 Å². The number of ketones is 1. The fraction of sp³-hybridized carbons (Fsp3) is 0.0455. The number of carboxylic acids is 1. The van der Waals surface area contributed by atoms with Crippen LogP contribution in [0.5, 0.6) is 5.88 Å². The van der Waals surface area contributed by atoms with Crippen LogP contribution in [0.25, 0.3) is 18.2 Å². The number of aliphatic carboxylic acids is 1. The molecule has 1 heterocycles. The van der Waals surface area contributed by atoms with Crippen LogP contribution in [0.15, 0.2) is 48.5 Å². The molecule has 1 aliphatic rings. The molecule has 0 saturated carbocycles. The van der Waals surface area contributed by atoms with Gasteiger partial charge in [-0.2, -0.15) is 4.98 Å². The van der Waals surface area contributed by atoms with Gasteiger partial charge < -0.3 is 15.5 Å². The summed E-state index contributed by atoms with van der Waals surface area (Å²) >= 11 is 1.30. The van der Waals surface area contributed by atoms with Crippen LogP contribution in [0.4, 0.5) is 10.8 Å². The molecule has 4 rings (SSSR count). The van der Waals surface area contributed by atoms with Crippen molar-refractivity contribution in [3.8, 4) is 5.88 Å². The van der Waals surface area contributed by atoms with Gasteiger partial charge in [-0.15, -0.1) is 0 Å². The molecular weight excluding hydrogens is 388 g/mol. The Balaban J connectivity index is 1.56. The van der Waals surface area contributed by atoms with Crippen molar-refractivity contribution in [1.29, 1.82) is 0 Å². The first-order valence-corrected chi connectivity index (χ1v) is 9.61. The highest BCUT2D eigenvalue weighted by molar-refractivity contribution is 7.16. The Hall–Kier alpha value is -3.71. The predicted molar refractivity (Wildman–Crippen MR) is 113 cm³/mol. The van der Waals surface area contributed by atoms with E-state index < -0.39 is 5.97 Å². The van der Waals surface area contributed by atoms with Gasteiger partial charge in [-0.3, -0.25) is 9.59 Å². The zero-order chi connectivity index (χ0) is 20.4. The van der Waals surface area contributed by atoms with E-state index in [1.165, 1.54) is 17.4 Å². The normalized spacial score (nSPS) is 13.1. The summed E-state index contributed by atoms with van der Waals surface area (Å²) in [5.74, 6) is -0.978. The van der Waals surface area contributed by atoms with Crippen molar-refractivity contribution in [3.63, 3.8) is 0 Å². The van der Waals surface area contributed by atoms with E-state index in [2.05, 4.69) is 10.3 Å². The number of thiazole rings is 1. The van der Waals surface area contributed by atoms with Crippen LogP contribution in [0.1, 0.15) is 16.0 Å². The first-order valence-electron chi connectivity index (χ1n) is 8.79. The second kappa shape index (κ2) is 7.73. The number of nitrogens with zero attached hydrogens (tertiary/aromatic N) is 1. The molecule has 0 saturated heterocycles. The molecule has 0 fully saturated rings. The number of aromatic nitrogens is 1. The van der Waals surface area contributed by atoms with Gasteiger partial charge >= 0.3 is 5.97 Å². The highest BCUT2D eigenvalue weighted by Gasteiger charge is 2.09. The van der Waals surface area contributed by atoms with Gasteiger partial charge in [0.05, 0.1) is 11.3 Å². The first-order chi connectivity index (χ1) is 14.0. The number of aromatic hydroxyl groups is 1. The molecule has 144 valence electrons. The monoisotopic (exact) mass is 404 g/mol. The summed E-state index contributed by atoms with van der Waals surface area (Å²) in [6, 6.07) is 12.7. The number of allylic oxidation sites excluding steroid dienone is 1. The van der Waals surface area contributed by atoms with Crippen LogP contribution in [0.3, 0.4) is 0 Å². The SMILES string of the molecule is O=C1C=Cc2cc(=Cc3sc(Nc4ccc(CC(=O)O)cc4)nc3O)ccc2=C1. The molecule has 1 aromatic heterocycles. The standard InChI is InChI=1S/C22H16N2O4S/c25-18-8-5-15-9-14(1-4-16(15)12-18)10-19-21(28)24-22(29-19)23-17-6-2-13(3-7-17)11-20(26)27/h1-10,12,28H,11H2,(H,23,24)(H,26,27). The van der Waals surface area contributed by atoms with Crippen LogP contribution >= 0.6 is 11.3 Å². The third kappa shape index (κ3) is 4.41. The minimum absolute atomic E-state index is 0.0268. The van der Waals surface area contributed by atoms with Crippen LogP contribution in [-0.2, 0) is 16.0 Å². The maximum absolute atomic E-state index is 11.4. The maximum Gasteiger partial charge on any atom is 0.307 e. The molecule has 6 nitrogen and oxygen atoms in total. The Kier molecular flexibility index (Phi) is 4.97. The van der Waals surface area contributed by atoms with E-state index in [-0.39, 0.29) is 18.1 Å². The van der Waals surface area contributed by atoms with Crippen molar-refractivity contribution in [3.05, 3.63) is 75.0 Å². The van der Waals surface area contributed by atoms with E-state index in [9.17, 15) is 14.7 Å². The van der Waals surface area contributed by atoms with Gasteiger partial charge in [-0.1, -0.05) is 41.7 Å². The Morgan fingerprint density at radius 2 is 1.93 bits per heavy atom. The summed E-state index contributed by atoms with van der Waals surface area (Å²) < 4.78 is 0. The first kappa shape index (κ1) is 18.6. The van der Waals surface area contributed by atoms with E-state index in [4.69, 9.17) is 5.11 Å². The Labute approximate surface area is 169 Å². The number of rotatable bonds is 5. The van der Waals surface area contributed by atoms with Crippen molar-refractivity contribution in [2.75, 3.05) is 5.32 Å². The van der Waals surface area contributed by atoms with Crippen LogP contribution in [0.2, 0.25) is 0 Å². The highest BCUT2D eigenvalue weighted by Crippen LogP contribution is 2.30. The summed E-state index contributed by atoms with van der Waals surface area (Å²) in [6.07, 6.45) is 6.70. The highest BCUT2D eigenvalue weighted by atomic mass is 32.1.